The summed E-state index contributed by atoms with van der Waals surface area (Å²) < 4.78 is 0. The zero-order chi connectivity index (χ0) is 12.3. The molecular weight excluding hydrogens is 230 g/mol. The summed E-state index contributed by atoms with van der Waals surface area (Å²) >= 11 is 5.69. The number of halogens is 1. The van der Waals surface area contributed by atoms with Gasteiger partial charge < -0.3 is 10.4 Å². The Morgan fingerprint density at radius 1 is 1.38 bits per heavy atom. The van der Waals surface area contributed by atoms with Gasteiger partial charge in [0.2, 0.25) is 0 Å². The maximum Gasteiger partial charge on any atom is 0.337 e. The van der Waals surface area contributed by atoms with Gasteiger partial charge in [0.25, 0.3) is 5.91 Å². The van der Waals surface area contributed by atoms with E-state index in [1.807, 2.05) is 13.8 Å². The van der Waals surface area contributed by atoms with Gasteiger partial charge in [-0.3, -0.25) is 4.79 Å². The molecule has 4 nitrogen and oxygen atoms in total. The van der Waals surface area contributed by atoms with Gasteiger partial charge in [-0.1, -0.05) is 11.6 Å². The van der Waals surface area contributed by atoms with Crippen molar-refractivity contribution in [3.05, 3.63) is 34.3 Å². The molecule has 0 atom stereocenters. The summed E-state index contributed by atoms with van der Waals surface area (Å²) in [6, 6.07) is 4.16. The minimum atomic E-state index is -1.15. The van der Waals surface area contributed by atoms with Gasteiger partial charge in [0, 0.05) is 11.6 Å². The second-order valence-corrected chi connectivity index (χ2v) is 4.04. The van der Waals surface area contributed by atoms with E-state index < -0.39 is 5.97 Å². The Morgan fingerprint density at radius 2 is 2.00 bits per heavy atom. The van der Waals surface area contributed by atoms with Gasteiger partial charge in [-0.05, 0) is 32.0 Å². The molecule has 0 saturated heterocycles. The number of hydrogen-bond acceptors (Lipinski definition) is 2. The van der Waals surface area contributed by atoms with Crippen LogP contribution in [-0.4, -0.2) is 23.0 Å². The smallest absolute Gasteiger partial charge is 0.337 e. The van der Waals surface area contributed by atoms with Crippen LogP contribution < -0.4 is 5.32 Å². The molecule has 0 aliphatic heterocycles. The van der Waals surface area contributed by atoms with Crippen molar-refractivity contribution in [2.45, 2.75) is 19.9 Å². The number of carboxylic acids is 1. The molecule has 0 unspecified atom stereocenters. The van der Waals surface area contributed by atoms with Crippen LogP contribution in [0, 0.1) is 0 Å². The highest BCUT2D eigenvalue weighted by Gasteiger charge is 2.13. The number of nitrogens with one attached hydrogen (secondary N) is 1. The van der Waals surface area contributed by atoms with Crippen molar-refractivity contribution in [3.63, 3.8) is 0 Å². The van der Waals surface area contributed by atoms with Crippen molar-refractivity contribution in [2.24, 2.45) is 0 Å². The Kier molecular flexibility index (Phi) is 3.90. The Morgan fingerprint density at radius 3 is 2.50 bits per heavy atom. The monoisotopic (exact) mass is 241 g/mol. The van der Waals surface area contributed by atoms with E-state index in [1.165, 1.54) is 18.2 Å². The Hall–Kier alpha value is -1.55. The van der Waals surface area contributed by atoms with Gasteiger partial charge in [0.05, 0.1) is 10.6 Å². The molecule has 1 amide bonds. The zero-order valence-corrected chi connectivity index (χ0v) is 9.71. The number of hydrogen-bond donors (Lipinski definition) is 2. The maximum absolute atomic E-state index is 11.6. The SMILES string of the molecule is CC(C)NC(=O)c1ccc(Cl)c(C(=O)O)c1. The lowest BCUT2D eigenvalue weighted by Gasteiger charge is -2.09. The molecule has 1 aromatic rings. The predicted octanol–water partition coefficient (Wildman–Crippen LogP) is 2.18. The summed E-state index contributed by atoms with van der Waals surface area (Å²) in [6.45, 7) is 3.65. The number of aromatic carboxylic acids is 1. The van der Waals surface area contributed by atoms with Crippen molar-refractivity contribution < 1.29 is 14.7 Å². The van der Waals surface area contributed by atoms with Crippen LogP contribution in [0.5, 0.6) is 0 Å². The van der Waals surface area contributed by atoms with E-state index in [2.05, 4.69) is 5.32 Å². The second-order valence-electron chi connectivity index (χ2n) is 3.63. The van der Waals surface area contributed by atoms with Crippen LogP contribution in [0.3, 0.4) is 0 Å². The largest absolute Gasteiger partial charge is 0.478 e. The Labute approximate surface area is 98.2 Å². The molecule has 0 saturated carbocycles. The quantitative estimate of drug-likeness (QED) is 0.852. The molecule has 0 bridgehead atoms. The fourth-order valence-electron chi connectivity index (χ4n) is 1.18. The van der Waals surface area contributed by atoms with E-state index in [0.29, 0.717) is 0 Å². The summed E-state index contributed by atoms with van der Waals surface area (Å²) in [5.41, 5.74) is 0.216. The van der Waals surface area contributed by atoms with Gasteiger partial charge in [0.1, 0.15) is 0 Å². The minimum Gasteiger partial charge on any atom is -0.478 e. The molecule has 1 rings (SSSR count). The molecule has 86 valence electrons. The number of carbonyl (C=O) groups excluding carboxylic acids is 1. The van der Waals surface area contributed by atoms with Crippen molar-refractivity contribution in [1.82, 2.24) is 5.32 Å². The van der Waals surface area contributed by atoms with Crippen molar-refractivity contribution in [1.29, 1.82) is 0 Å². The summed E-state index contributed by atoms with van der Waals surface area (Å²) in [5, 5.41) is 11.6. The molecule has 0 heterocycles. The van der Waals surface area contributed by atoms with Crippen molar-refractivity contribution in [3.8, 4) is 0 Å². The average Bonchev–Trinajstić information content (AvgIpc) is 2.16. The molecule has 0 spiro atoms. The van der Waals surface area contributed by atoms with Crippen LogP contribution in [0.2, 0.25) is 5.02 Å². The van der Waals surface area contributed by atoms with Crippen molar-refractivity contribution >= 4 is 23.5 Å². The third-order valence-corrected chi connectivity index (χ3v) is 2.21. The molecule has 0 aliphatic rings. The third-order valence-electron chi connectivity index (χ3n) is 1.88. The standard InChI is InChI=1S/C11H12ClNO3/c1-6(2)13-10(14)7-3-4-9(12)8(5-7)11(15)16/h3-6H,1-2H3,(H,13,14)(H,15,16). The first-order valence-electron chi connectivity index (χ1n) is 4.75. The number of carbonyl (C=O) groups is 2. The molecule has 0 fully saturated rings. The normalized spacial score (nSPS) is 10.2. The fraction of sp³-hybridized carbons (Fsp3) is 0.273. The molecule has 0 aliphatic carbocycles. The van der Waals surface area contributed by atoms with Crippen LogP contribution in [-0.2, 0) is 0 Å². The summed E-state index contributed by atoms with van der Waals surface area (Å²) in [5.74, 6) is -1.46. The molecule has 16 heavy (non-hydrogen) atoms. The number of amides is 1. The van der Waals surface area contributed by atoms with E-state index in [0.717, 1.165) is 0 Å². The second kappa shape index (κ2) is 4.99. The summed E-state index contributed by atoms with van der Waals surface area (Å²) in [4.78, 5) is 22.4. The molecule has 1 aromatic carbocycles. The van der Waals surface area contributed by atoms with Crippen LogP contribution in [0.4, 0.5) is 0 Å². The van der Waals surface area contributed by atoms with Gasteiger partial charge in [-0.2, -0.15) is 0 Å². The summed E-state index contributed by atoms with van der Waals surface area (Å²) in [7, 11) is 0. The lowest BCUT2D eigenvalue weighted by Crippen LogP contribution is -2.30. The first-order chi connectivity index (χ1) is 7.41. The molecule has 0 aromatic heterocycles. The summed E-state index contributed by atoms with van der Waals surface area (Å²) in [6.07, 6.45) is 0. The Balaban J connectivity index is 3.03. The highest BCUT2D eigenvalue weighted by atomic mass is 35.5. The molecule has 0 radical (unpaired) electrons. The van der Waals surface area contributed by atoms with Crippen LogP contribution in [0.15, 0.2) is 18.2 Å². The highest BCUT2D eigenvalue weighted by Crippen LogP contribution is 2.17. The lowest BCUT2D eigenvalue weighted by atomic mass is 10.1. The Bertz CT molecular complexity index is 429. The number of carboxylic acid groups (broad SMARTS) is 1. The number of benzene rings is 1. The van der Waals surface area contributed by atoms with E-state index in [9.17, 15) is 9.59 Å². The third kappa shape index (κ3) is 2.97. The van der Waals surface area contributed by atoms with E-state index in [4.69, 9.17) is 16.7 Å². The van der Waals surface area contributed by atoms with E-state index in [1.54, 1.807) is 0 Å². The lowest BCUT2D eigenvalue weighted by molar-refractivity contribution is 0.0697. The van der Waals surface area contributed by atoms with Gasteiger partial charge in [-0.15, -0.1) is 0 Å². The van der Waals surface area contributed by atoms with Crippen LogP contribution in [0.1, 0.15) is 34.6 Å². The van der Waals surface area contributed by atoms with E-state index >= 15 is 0 Å². The van der Waals surface area contributed by atoms with Crippen molar-refractivity contribution in [2.75, 3.05) is 0 Å². The number of rotatable bonds is 3. The van der Waals surface area contributed by atoms with Gasteiger partial charge in [-0.25, -0.2) is 4.79 Å². The zero-order valence-electron chi connectivity index (χ0n) is 8.95. The molecule has 2 N–H and O–H groups in total. The van der Waals surface area contributed by atoms with Crippen LogP contribution >= 0.6 is 11.6 Å². The molecular formula is C11H12ClNO3. The first kappa shape index (κ1) is 12.5. The maximum atomic E-state index is 11.6. The van der Waals surface area contributed by atoms with E-state index in [-0.39, 0.29) is 28.1 Å². The average molecular weight is 242 g/mol. The topological polar surface area (TPSA) is 66.4 Å². The molecule has 5 heteroatoms. The highest BCUT2D eigenvalue weighted by molar-refractivity contribution is 6.33. The predicted molar refractivity (Wildman–Crippen MR) is 61.0 cm³/mol. The van der Waals surface area contributed by atoms with Gasteiger partial charge in [0.15, 0.2) is 0 Å². The minimum absolute atomic E-state index is 0.00328. The van der Waals surface area contributed by atoms with Gasteiger partial charge >= 0.3 is 5.97 Å². The fourth-order valence-corrected chi connectivity index (χ4v) is 1.37. The van der Waals surface area contributed by atoms with Crippen LogP contribution in [0.25, 0.3) is 0 Å². The first-order valence-corrected chi connectivity index (χ1v) is 5.13.